The molecule has 2 atom stereocenters. The minimum Gasteiger partial charge on any atom is -0.387 e. The molecule has 0 aromatic heterocycles. The molecule has 138 valence electrons. The predicted molar refractivity (Wildman–Crippen MR) is 102 cm³/mol. The van der Waals surface area contributed by atoms with Gasteiger partial charge in [-0.15, -0.1) is 24.8 Å². The Bertz CT molecular complexity index is 466. The first-order chi connectivity index (χ1) is 10.6. The van der Waals surface area contributed by atoms with Gasteiger partial charge in [0, 0.05) is 45.2 Å². The monoisotopic (exact) mass is 377 g/mol. The smallest absolute Gasteiger partial charge is 0.222 e. The van der Waals surface area contributed by atoms with Crippen LogP contribution in [-0.4, -0.2) is 59.6 Å². The van der Waals surface area contributed by atoms with Crippen molar-refractivity contribution >= 4 is 30.7 Å². The molecular weight excluding hydrogens is 349 g/mol. The average Bonchev–Trinajstić information content (AvgIpc) is 2.54. The number of carbonyl (C=O) groups is 1. The van der Waals surface area contributed by atoms with Crippen LogP contribution in [0.4, 0.5) is 0 Å². The summed E-state index contributed by atoms with van der Waals surface area (Å²) in [6.07, 6.45) is 0.803. The summed E-state index contributed by atoms with van der Waals surface area (Å²) in [5, 5.41) is 10.3. The van der Waals surface area contributed by atoms with Crippen molar-refractivity contribution in [2.24, 2.45) is 5.73 Å². The first kappa shape index (κ1) is 23.1. The number of benzene rings is 1. The van der Waals surface area contributed by atoms with Crippen LogP contribution in [0.1, 0.15) is 31.4 Å². The summed E-state index contributed by atoms with van der Waals surface area (Å²) in [5.74, 6) is 0.195. The number of carbonyl (C=O) groups excluding carboxylic acids is 1. The first-order valence-electron chi connectivity index (χ1n) is 8.05. The Morgan fingerprint density at radius 1 is 1.17 bits per heavy atom. The quantitative estimate of drug-likeness (QED) is 0.793. The van der Waals surface area contributed by atoms with Crippen LogP contribution < -0.4 is 5.73 Å². The molecule has 0 radical (unpaired) electrons. The first-order valence-corrected chi connectivity index (χ1v) is 8.05. The minimum absolute atomic E-state index is 0. The zero-order chi connectivity index (χ0) is 15.9. The van der Waals surface area contributed by atoms with Crippen molar-refractivity contribution in [2.45, 2.75) is 31.9 Å². The van der Waals surface area contributed by atoms with Crippen LogP contribution in [0.15, 0.2) is 30.3 Å². The van der Waals surface area contributed by atoms with E-state index in [4.69, 9.17) is 5.73 Å². The van der Waals surface area contributed by atoms with Crippen LogP contribution >= 0.6 is 24.8 Å². The van der Waals surface area contributed by atoms with Gasteiger partial charge in [-0.05, 0) is 18.9 Å². The largest absolute Gasteiger partial charge is 0.387 e. The zero-order valence-electron chi connectivity index (χ0n) is 14.1. The van der Waals surface area contributed by atoms with Crippen LogP contribution in [0.5, 0.6) is 0 Å². The van der Waals surface area contributed by atoms with E-state index >= 15 is 0 Å². The molecule has 1 fully saturated rings. The van der Waals surface area contributed by atoms with E-state index < -0.39 is 6.10 Å². The lowest BCUT2D eigenvalue weighted by atomic mass is 10.1. The molecule has 1 aromatic carbocycles. The molecule has 2 unspecified atom stereocenters. The normalized spacial score (nSPS) is 17.4. The summed E-state index contributed by atoms with van der Waals surface area (Å²) < 4.78 is 0. The van der Waals surface area contributed by atoms with E-state index in [1.807, 2.05) is 42.2 Å². The lowest BCUT2D eigenvalue weighted by Gasteiger charge is -2.35. The molecule has 1 heterocycles. The summed E-state index contributed by atoms with van der Waals surface area (Å²) in [7, 11) is 0. The van der Waals surface area contributed by atoms with Crippen LogP contribution in [0.25, 0.3) is 0 Å². The van der Waals surface area contributed by atoms with E-state index in [-0.39, 0.29) is 36.8 Å². The lowest BCUT2D eigenvalue weighted by Crippen LogP contribution is -2.49. The number of rotatable bonds is 6. The van der Waals surface area contributed by atoms with E-state index in [2.05, 4.69) is 4.90 Å². The van der Waals surface area contributed by atoms with Crippen molar-refractivity contribution in [2.75, 3.05) is 32.7 Å². The van der Waals surface area contributed by atoms with Gasteiger partial charge in [0.05, 0.1) is 6.10 Å². The average molecular weight is 378 g/mol. The van der Waals surface area contributed by atoms with Crippen molar-refractivity contribution < 1.29 is 9.90 Å². The van der Waals surface area contributed by atoms with E-state index in [0.717, 1.165) is 38.2 Å². The van der Waals surface area contributed by atoms with Gasteiger partial charge in [-0.2, -0.15) is 0 Å². The SMILES string of the molecule is CC(N)CCC(=O)N1CCN(CC(O)c2ccccc2)CC1.Cl.Cl. The van der Waals surface area contributed by atoms with Crippen molar-refractivity contribution in [1.82, 2.24) is 9.80 Å². The number of halogens is 2. The van der Waals surface area contributed by atoms with Crippen molar-refractivity contribution in [3.05, 3.63) is 35.9 Å². The molecule has 1 aliphatic rings. The zero-order valence-corrected chi connectivity index (χ0v) is 15.8. The second-order valence-electron chi connectivity index (χ2n) is 6.12. The summed E-state index contributed by atoms with van der Waals surface area (Å²) in [4.78, 5) is 16.2. The molecule has 0 bridgehead atoms. The molecular formula is C17H29Cl2N3O2. The molecule has 0 saturated carbocycles. The molecule has 1 aliphatic heterocycles. The van der Waals surface area contributed by atoms with Gasteiger partial charge in [-0.3, -0.25) is 9.69 Å². The Balaban J connectivity index is 0.00000264. The van der Waals surface area contributed by atoms with E-state index in [1.54, 1.807) is 0 Å². The number of hydrogen-bond donors (Lipinski definition) is 2. The van der Waals surface area contributed by atoms with Gasteiger partial charge in [-0.1, -0.05) is 30.3 Å². The van der Waals surface area contributed by atoms with Crippen LogP contribution in [0.3, 0.4) is 0 Å². The highest BCUT2D eigenvalue weighted by Gasteiger charge is 2.22. The Morgan fingerprint density at radius 2 is 1.75 bits per heavy atom. The maximum Gasteiger partial charge on any atom is 0.222 e. The molecule has 3 N–H and O–H groups in total. The summed E-state index contributed by atoms with van der Waals surface area (Å²) in [5.41, 5.74) is 6.64. The van der Waals surface area contributed by atoms with Crippen LogP contribution in [-0.2, 0) is 4.79 Å². The lowest BCUT2D eigenvalue weighted by molar-refractivity contribution is -0.133. The number of nitrogens with two attached hydrogens (primary N) is 1. The fourth-order valence-electron chi connectivity index (χ4n) is 2.71. The van der Waals surface area contributed by atoms with Crippen LogP contribution in [0, 0.1) is 0 Å². The molecule has 2 rings (SSSR count). The number of aliphatic hydroxyl groups excluding tert-OH is 1. The third kappa shape index (κ3) is 7.36. The summed E-state index contributed by atoms with van der Waals surface area (Å²) in [6.45, 7) is 5.64. The van der Waals surface area contributed by atoms with Crippen molar-refractivity contribution in [1.29, 1.82) is 0 Å². The number of piperazine rings is 1. The highest BCUT2D eigenvalue weighted by atomic mass is 35.5. The summed E-state index contributed by atoms with van der Waals surface area (Å²) in [6, 6.07) is 9.78. The van der Waals surface area contributed by atoms with Gasteiger partial charge in [0.25, 0.3) is 0 Å². The van der Waals surface area contributed by atoms with E-state index in [1.165, 1.54) is 0 Å². The standard InChI is InChI=1S/C17H27N3O2.2ClH/c1-14(18)7-8-17(22)20-11-9-19(10-12-20)13-16(21)15-5-3-2-4-6-15;;/h2-6,14,16,21H,7-13,18H2,1H3;2*1H. The highest BCUT2D eigenvalue weighted by molar-refractivity contribution is 5.85. The van der Waals surface area contributed by atoms with E-state index in [9.17, 15) is 9.90 Å². The maximum atomic E-state index is 12.1. The van der Waals surface area contributed by atoms with Gasteiger partial charge >= 0.3 is 0 Å². The second kappa shape index (κ2) is 11.7. The fraction of sp³-hybridized carbons (Fsp3) is 0.588. The number of amides is 1. The molecule has 1 aromatic rings. The highest BCUT2D eigenvalue weighted by Crippen LogP contribution is 2.15. The Kier molecular flexibility index (Phi) is 11.2. The second-order valence-corrected chi connectivity index (χ2v) is 6.12. The topological polar surface area (TPSA) is 69.8 Å². The van der Waals surface area contributed by atoms with Gasteiger partial charge in [0.15, 0.2) is 0 Å². The number of hydrogen-bond acceptors (Lipinski definition) is 4. The van der Waals surface area contributed by atoms with Gasteiger partial charge in [0.2, 0.25) is 5.91 Å². The molecule has 1 amide bonds. The molecule has 24 heavy (non-hydrogen) atoms. The third-order valence-corrected chi connectivity index (χ3v) is 4.15. The number of aliphatic hydroxyl groups is 1. The van der Waals surface area contributed by atoms with E-state index in [0.29, 0.717) is 13.0 Å². The van der Waals surface area contributed by atoms with Crippen molar-refractivity contribution in [3.8, 4) is 0 Å². The Morgan fingerprint density at radius 3 is 2.29 bits per heavy atom. The molecule has 0 spiro atoms. The fourth-order valence-corrected chi connectivity index (χ4v) is 2.71. The van der Waals surface area contributed by atoms with Crippen LogP contribution in [0.2, 0.25) is 0 Å². The Hall–Kier alpha value is -0.850. The predicted octanol–water partition coefficient (Wildman–Crippen LogP) is 1.84. The molecule has 7 heteroatoms. The molecule has 0 aliphatic carbocycles. The maximum absolute atomic E-state index is 12.1. The van der Waals surface area contributed by atoms with Gasteiger partial charge in [-0.25, -0.2) is 0 Å². The number of nitrogens with zero attached hydrogens (tertiary/aromatic N) is 2. The molecule has 5 nitrogen and oxygen atoms in total. The summed E-state index contributed by atoms with van der Waals surface area (Å²) >= 11 is 0. The van der Waals surface area contributed by atoms with Crippen molar-refractivity contribution in [3.63, 3.8) is 0 Å². The van der Waals surface area contributed by atoms with Gasteiger partial charge in [0.1, 0.15) is 0 Å². The van der Waals surface area contributed by atoms with Gasteiger partial charge < -0.3 is 15.7 Å². The minimum atomic E-state index is -0.471. The Labute approximate surface area is 157 Å². The number of β-amino-alcohol motifs (C(OH)–C–C–N with tert-alkyl or cyclic N) is 1. The molecule has 1 saturated heterocycles. The third-order valence-electron chi connectivity index (χ3n) is 4.15.